The minimum absolute atomic E-state index is 0.955. The van der Waals surface area contributed by atoms with Gasteiger partial charge in [-0.2, -0.15) is 0 Å². The number of nitrogens with one attached hydrogen (secondary N) is 1. The lowest BCUT2D eigenvalue weighted by Gasteiger charge is -2.06. The fourth-order valence-corrected chi connectivity index (χ4v) is 3.05. The van der Waals surface area contributed by atoms with Crippen LogP contribution >= 0.6 is 11.3 Å². The van der Waals surface area contributed by atoms with E-state index in [1.54, 1.807) is 11.3 Å². The van der Waals surface area contributed by atoms with Gasteiger partial charge in [-0.1, -0.05) is 37.3 Å². The van der Waals surface area contributed by atoms with Gasteiger partial charge in [-0.25, -0.2) is 4.98 Å². The number of benzene rings is 1. The van der Waals surface area contributed by atoms with Crippen molar-refractivity contribution in [3.8, 4) is 22.5 Å². The summed E-state index contributed by atoms with van der Waals surface area (Å²) in [5.74, 6) is 0. The summed E-state index contributed by atoms with van der Waals surface area (Å²) >= 11 is 1.64. The van der Waals surface area contributed by atoms with Crippen molar-refractivity contribution in [3.63, 3.8) is 0 Å². The number of hydrogen-bond acceptors (Lipinski definition) is 4. The second-order valence-corrected chi connectivity index (χ2v) is 6.02. The van der Waals surface area contributed by atoms with Crippen LogP contribution in [0.1, 0.15) is 19.0 Å². The first-order valence-corrected chi connectivity index (χ1v) is 8.38. The van der Waals surface area contributed by atoms with Crippen LogP contribution in [0.4, 0.5) is 5.13 Å². The lowest BCUT2D eigenvalue weighted by Crippen LogP contribution is -1.98. The summed E-state index contributed by atoms with van der Waals surface area (Å²) in [7, 11) is 0. The van der Waals surface area contributed by atoms with Gasteiger partial charge in [0.2, 0.25) is 0 Å². The van der Waals surface area contributed by atoms with Gasteiger partial charge >= 0.3 is 0 Å². The van der Waals surface area contributed by atoms with Crippen molar-refractivity contribution < 1.29 is 0 Å². The molecule has 0 unspecified atom stereocenters. The van der Waals surface area contributed by atoms with Gasteiger partial charge in [0.15, 0.2) is 5.13 Å². The highest BCUT2D eigenvalue weighted by Gasteiger charge is 2.09. The van der Waals surface area contributed by atoms with E-state index in [4.69, 9.17) is 4.98 Å². The number of thiazole rings is 1. The van der Waals surface area contributed by atoms with E-state index < -0.39 is 0 Å². The van der Waals surface area contributed by atoms with Crippen LogP contribution in [0.2, 0.25) is 0 Å². The quantitative estimate of drug-likeness (QED) is 0.720. The van der Waals surface area contributed by atoms with Crippen LogP contribution in [-0.4, -0.2) is 16.5 Å². The van der Waals surface area contributed by atoms with Gasteiger partial charge in [-0.05, 0) is 25.5 Å². The van der Waals surface area contributed by atoms with Gasteiger partial charge in [0.1, 0.15) is 0 Å². The highest BCUT2D eigenvalue weighted by Crippen LogP contribution is 2.28. The second kappa shape index (κ2) is 6.71. The van der Waals surface area contributed by atoms with Crippen LogP contribution in [0.25, 0.3) is 22.5 Å². The second-order valence-electron chi connectivity index (χ2n) is 5.16. The fourth-order valence-electron chi connectivity index (χ4n) is 2.31. The van der Waals surface area contributed by atoms with E-state index in [2.05, 4.69) is 46.9 Å². The molecule has 3 aromatic rings. The van der Waals surface area contributed by atoms with Gasteiger partial charge in [-0.15, -0.1) is 11.3 Å². The average molecular weight is 309 g/mol. The predicted octanol–water partition coefficient (Wildman–Crippen LogP) is 5.00. The van der Waals surface area contributed by atoms with E-state index in [1.165, 1.54) is 0 Å². The molecule has 3 rings (SSSR count). The Kier molecular flexibility index (Phi) is 4.49. The smallest absolute Gasteiger partial charge is 0.183 e. The van der Waals surface area contributed by atoms with Crippen molar-refractivity contribution in [2.45, 2.75) is 20.3 Å². The molecule has 2 aromatic heterocycles. The van der Waals surface area contributed by atoms with E-state index in [-0.39, 0.29) is 0 Å². The molecule has 0 saturated heterocycles. The Morgan fingerprint density at radius 1 is 1.00 bits per heavy atom. The first-order valence-electron chi connectivity index (χ1n) is 7.50. The number of anilines is 1. The van der Waals surface area contributed by atoms with E-state index in [0.717, 1.165) is 46.3 Å². The SMILES string of the molecule is CCCNc1nc(-c2ccc(-c3ccccc3)nc2C)cs1. The molecule has 0 aliphatic rings. The number of hydrogen-bond donors (Lipinski definition) is 1. The molecular formula is C18H19N3S. The standard InChI is InChI=1S/C18H19N3S/c1-3-11-19-18-21-17(12-22-18)15-9-10-16(20-13(15)2)14-7-5-4-6-8-14/h4-10,12H,3,11H2,1-2H3,(H,19,21). The number of rotatable bonds is 5. The summed E-state index contributed by atoms with van der Waals surface area (Å²) in [4.78, 5) is 9.38. The third-order valence-electron chi connectivity index (χ3n) is 3.46. The highest BCUT2D eigenvalue weighted by molar-refractivity contribution is 7.14. The molecule has 0 aliphatic heterocycles. The van der Waals surface area contributed by atoms with Crippen LogP contribution in [0.3, 0.4) is 0 Å². The van der Waals surface area contributed by atoms with Crippen LogP contribution in [0.5, 0.6) is 0 Å². The zero-order valence-corrected chi connectivity index (χ0v) is 13.7. The number of aryl methyl sites for hydroxylation is 1. The van der Waals surface area contributed by atoms with E-state index >= 15 is 0 Å². The Morgan fingerprint density at radius 3 is 2.55 bits per heavy atom. The van der Waals surface area contributed by atoms with Gasteiger partial charge in [0, 0.05) is 28.7 Å². The molecule has 0 atom stereocenters. The van der Waals surface area contributed by atoms with Crippen LogP contribution in [-0.2, 0) is 0 Å². The zero-order chi connectivity index (χ0) is 15.4. The molecule has 112 valence electrons. The summed E-state index contributed by atoms with van der Waals surface area (Å²) in [6.45, 7) is 5.15. The van der Waals surface area contributed by atoms with Crippen molar-refractivity contribution in [3.05, 3.63) is 53.5 Å². The Bertz CT molecular complexity index is 750. The van der Waals surface area contributed by atoms with Gasteiger partial charge in [0.05, 0.1) is 11.4 Å². The molecule has 4 heteroatoms. The molecule has 0 fully saturated rings. The van der Waals surface area contributed by atoms with Gasteiger partial charge in [0.25, 0.3) is 0 Å². The lowest BCUT2D eigenvalue weighted by molar-refractivity contribution is 0.976. The normalized spacial score (nSPS) is 10.6. The topological polar surface area (TPSA) is 37.8 Å². The van der Waals surface area contributed by atoms with E-state index in [1.807, 2.05) is 25.1 Å². The molecule has 1 N–H and O–H groups in total. The molecule has 2 heterocycles. The molecular weight excluding hydrogens is 290 g/mol. The predicted molar refractivity (Wildman–Crippen MR) is 94.3 cm³/mol. The Balaban J connectivity index is 1.88. The number of aromatic nitrogens is 2. The van der Waals surface area contributed by atoms with E-state index in [0.29, 0.717) is 0 Å². The minimum Gasteiger partial charge on any atom is -0.362 e. The molecule has 0 saturated carbocycles. The Hall–Kier alpha value is -2.20. The highest BCUT2D eigenvalue weighted by atomic mass is 32.1. The Morgan fingerprint density at radius 2 is 1.82 bits per heavy atom. The maximum absolute atomic E-state index is 4.74. The fraction of sp³-hybridized carbons (Fsp3) is 0.222. The average Bonchev–Trinajstić information content (AvgIpc) is 3.02. The summed E-state index contributed by atoms with van der Waals surface area (Å²) in [6, 6.07) is 14.4. The zero-order valence-electron chi connectivity index (χ0n) is 12.8. The molecule has 0 radical (unpaired) electrons. The van der Waals surface area contributed by atoms with Crippen molar-refractivity contribution >= 4 is 16.5 Å². The van der Waals surface area contributed by atoms with Crippen LogP contribution in [0.15, 0.2) is 47.8 Å². The molecule has 3 nitrogen and oxygen atoms in total. The summed E-state index contributed by atoms with van der Waals surface area (Å²) in [5.41, 5.74) is 5.24. The van der Waals surface area contributed by atoms with Crippen LogP contribution in [0, 0.1) is 6.92 Å². The van der Waals surface area contributed by atoms with Gasteiger partial charge < -0.3 is 5.32 Å². The third kappa shape index (κ3) is 3.17. The Labute approximate surface area is 135 Å². The first kappa shape index (κ1) is 14.7. The van der Waals surface area contributed by atoms with Crippen molar-refractivity contribution in [1.29, 1.82) is 0 Å². The molecule has 1 aromatic carbocycles. The monoisotopic (exact) mass is 309 g/mol. The number of nitrogens with zero attached hydrogens (tertiary/aromatic N) is 2. The van der Waals surface area contributed by atoms with Gasteiger partial charge in [-0.3, -0.25) is 4.98 Å². The molecule has 0 bridgehead atoms. The maximum Gasteiger partial charge on any atom is 0.183 e. The van der Waals surface area contributed by atoms with Crippen LogP contribution < -0.4 is 5.32 Å². The minimum atomic E-state index is 0.955. The lowest BCUT2D eigenvalue weighted by atomic mass is 10.1. The summed E-state index contributed by atoms with van der Waals surface area (Å²) in [5, 5.41) is 6.39. The molecule has 0 amide bonds. The molecule has 0 aliphatic carbocycles. The van der Waals surface area contributed by atoms with Crippen molar-refractivity contribution in [2.75, 3.05) is 11.9 Å². The first-order chi connectivity index (χ1) is 10.8. The maximum atomic E-state index is 4.74. The summed E-state index contributed by atoms with van der Waals surface area (Å²) in [6.07, 6.45) is 1.10. The molecule has 22 heavy (non-hydrogen) atoms. The van der Waals surface area contributed by atoms with Crippen molar-refractivity contribution in [1.82, 2.24) is 9.97 Å². The number of pyridine rings is 1. The summed E-state index contributed by atoms with van der Waals surface area (Å²) < 4.78 is 0. The van der Waals surface area contributed by atoms with Crippen molar-refractivity contribution in [2.24, 2.45) is 0 Å². The molecule has 0 spiro atoms. The third-order valence-corrected chi connectivity index (χ3v) is 4.26. The van der Waals surface area contributed by atoms with E-state index in [9.17, 15) is 0 Å². The largest absolute Gasteiger partial charge is 0.362 e.